The lowest BCUT2D eigenvalue weighted by atomic mass is 9.94. The number of nitrogens with one attached hydrogen (secondary N) is 1. The van der Waals surface area contributed by atoms with E-state index in [0.717, 1.165) is 6.42 Å². The molecular weight excluding hydrogens is 150 g/mol. The van der Waals surface area contributed by atoms with Crippen molar-refractivity contribution >= 4 is 0 Å². The molecule has 0 saturated heterocycles. The molecule has 0 aliphatic heterocycles. The van der Waals surface area contributed by atoms with Crippen LogP contribution in [0, 0.1) is 0 Å². The van der Waals surface area contributed by atoms with E-state index in [-0.39, 0.29) is 17.7 Å². The summed E-state index contributed by atoms with van der Waals surface area (Å²) in [6.07, 6.45) is 2.30. The summed E-state index contributed by atoms with van der Waals surface area (Å²) < 4.78 is 0. The van der Waals surface area contributed by atoms with Gasteiger partial charge in [0.15, 0.2) is 0 Å². The van der Waals surface area contributed by atoms with E-state index in [1.54, 1.807) is 0 Å². The van der Waals surface area contributed by atoms with Gasteiger partial charge in [0.05, 0.1) is 6.61 Å². The minimum atomic E-state index is -0.168. The van der Waals surface area contributed by atoms with Gasteiger partial charge in [0.2, 0.25) is 0 Å². The van der Waals surface area contributed by atoms with Gasteiger partial charge in [-0.05, 0) is 34.1 Å². The van der Waals surface area contributed by atoms with E-state index in [1.807, 2.05) is 13.8 Å². The molecule has 0 spiro atoms. The van der Waals surface area contributed by atoms with Gasteiger partial charge in [0.25, 0.3) is 0 Å². The molecule has 0 unspecified atom stereocenters. The first-order valence-electron chi connectivity index (χ1n) is 4.73. The topological polar surface area (TPSA) is 32.3 Å². The van der Waals surface area contributed by atoms with Gasteiger partial charge in [-0.2, -0.15) is 0 Å². The minimum Gasteiger partial charge on any atom is -0.394 e. The van der Waals surface area contributed by atoms with Crippen LogP contribution in [0.3, 0.4) is 0 Å². The molecule has 0 saturated carbocycles. The van der Waals surface area contributed by atoms with E-state index in [0.29, 0.717) is 0 Å². The third kappa shape index (κ3) is 4.73. The number of rotatable bonds is 5. The van der Waals surface area contributed by atoms with Gasteiger partial charge in [-0.1, -0.05) is 13.3 Å². The fraction of sp³-hybridized carbons (Fsp3) is 1.00. The number of hydrogen-bond donors (Lipinski definition) is 2. The Balaban J connectivity index is 4.04. The summed E-state index contributed by atoms with van der Waals surface area (Å²) in [7, 11) is 0. The zero-order valence-electron chi connectivity index (χ0n) is 9.07. The zero-order valence-corrected chi connectivity index (χ0v) is 9.07. The quantitative estimate of drug-likeness (QED) is 0.666. The standard InChI is InChI=1S/C10H23NO/c1-6-7-9(2,3)11-10(4,5)8-12/h11-12H,6-8H2,1-5H3. The first kappa shape index (κ1) is 11.9. The van der Waals surface area contributed by atoms with Crippen LogP contribution in [0.1, 0.15) is 47.5 Å². The van der Waals surface area contributed by atoms with Gasteiger partial charge in [-0.15, -0.1) is 0 Å². The smallest absolute Gasteiger partial charge is 0.0608 e. The van der Waals surface area contributed by atoms with Crippen LogP contribution in [0.2, 0.25) is 0 Å². The second-order valence-electron chi connectivity index (χ2n) is 4.80. The summed E-state index contributed by atoms with van der Waals surface area (Å²) >= 11 is 0. The first-order chi connectivity index (χ1) is 5.33. The van der Waals surface area contributed by atoms with Crippen LogP contribution in [0.5, 0.6) is 0 Å². The number of hydrogen-bond acceptors (Lipinski definition) is 2. The minimum absolute atomic E-state index is 0.126. The van der Waals surface area contributed by atoms with Gasteiger partial charge < -0.3 is 10.4 Å². The molecule has 2 nitrogen and oxygen atoms in total. The average molecular weight is 173 g/mol. The summed E-state index contributed by atoms with van der Waals surface area (Å²) in [5, 5.41) is 12.5. The molecule has 0 amide bonds. The van der Waals surface area contributed by atoms with E-state index < -0.39 is 0 Å². The van der Waals surface area contributed by atoms with E-state index >= 15 is 0 Å². The van der Waals surface area contributed by atoms with Gasteiger partial charge in [-0.25, -0.2) is 0 Å². The molecular formula is C10H23NO. The SMILES string of the molecule is CCCC(C)(C)NC(C)(C)CO. The predicted octanol–water partition coefficient (Wildman–Crippen LogP) is 1.93. The summed E-state index contributed by atoms with van der Waals surface area (Å²) in [5.74, 6) is 0. The van der Waals surface area contributed by atoms with Gasteiger partial charge in [0, 0.05) is 11.1 Å². The van der Waals surface area contributed by atoms with Crippen molar-refractivity contribution < 1.29 is 5.11 Å². The van der Waals surface area contributed by atoms with Crippen LogP contribution >= 0.6 is 0 Å². The summed E-state index contributed by atoms with van der Waals surface area (Å²) in [6.45, 7) is 10.7. The first-order valence-corrected chi connectivity index (χ1v) is 4.73. The second-order valence-corrected chi connectivity index (χ2v) is 4.80. The molecule has 0 bridgehead atoms. The van der Waals surface area contributed by atoms with Crippen LogP contribution in [-0.2, 0) is 0 Å². The maximum Gasteiger partial charge on any atom is 0.0608 e. The largest absolute Gasteiger partial charge is 0.394 e. The Morgan fingerprint density at radius 2 is 1.58 bits per heavy atom. The van der Waals surface area contributed by atoms with Crippen LogP contribution in [0.25, 0.3) is 0 Å². The Hall–Kier alpha value is -0.0800. The highest BCUT2D eigenvalue weighted by atomic mass is 16.3. The molecule has 0 rings (SSSR count). The second kappa shape index (κ2) is 4.24. The lowest BCUT2D eigenvalue weighted by Gasteiger charge is -2.36. The number of aliphatic hydroxyl groups is 1. The maximum atomic E-state index is 9.06. The van der Waals surface area contributed by atoms with Gasteiger partial charge >= 0.3 is 0 Å². The molecule has 0 fully saturated rings. The van der Waals surface area contributed by atoms with E-state index in [4.69, 9.17) is 5.11 Å². The van der Waals surface area contributed by atoms with Gasteiger partial charge in [0.1, 0.15) is 0 Å². The third-order valence-corrected chi connectivity index (χ3v) is 1.95. The molecule has 0 radical (unpaired) electrons. The third-order valence-electron chi connectivity index (χ3n) is 1.95. The Morgan fingerprint density at radius 3 is 1.92 bits per heavy atom. The van der Waals surface area contributed by atoms with Crippen molar-refractivity contribution in [2.24, 2.45) is 0 Å². The highest BCUT2D eigenvalue weighted by molar-refractivity contribution is 4.87. The van der Waals surface area contributed by atoms with Crippen LogP contribution in [0.15, 0.2) is 0 Å². The average Bonchev–Trinajstić information content (AvgIpc) is 1.85. The monoisotopic (exact) mass is 173 g/mol. The Labute approximate surface area is 76.4 Å². The summed E-state index contributed by atoms with van der Waals surface area (Å²) in [5.41, 5.74) is -0.0420. The maximum absolute atomic E-state index is 9.06. The van der Waals surface area contributed by atoms with Crippen molar-refractivity contribution in [1.82, 2.24) is 5.32 Å². The van der Waals surface area contributed by atoms with E-state index in [9.17, 15) is 0 Å². The fourth-order valence-electron chi connectivity index (χ4n) is 1.64. The van der Waals surface area contributed by atoms with Crippen LogP contribution in [0.4, 0.5) is 0 Å². The molecule has 0 heterocycles. The lowest BCUT2D eigenvalue weighted by Crippen LogP contribution is -2.53. The molecule has 0 atom stereocenters. The Kier molecular flexibility index (Phi) is 4.21. The lowest BCUT2D eigenvalue weighted by molar-refractivity contribution is 0.149. The van der Waals surface area contributed by atoms with Crippen molar-refractivity contribution in [1.29, 1.82) is 0 Å². The predicted molar refractivity (Wildman–Crippen MR) is 53.3 cm³/mol. The fourth-order valence-corrected chi connectivity index (χ4v) is 1.64. The van der Waals surface area contributed by atoms with E-state index in [1.165, 1.54) is 6.42 Å². The molecule has 0 aliphatic carbocycles. The molecule has 0 aromatic carbocycles. The zero-order chi connectivity index (χ0) is 9.83. The van der Waals surface area contributed by atoms with Crippen molar-refractivity contribution in [2.75, 3.05) is 6.61 Å². The molecule has 0 aliphatic rings. The molecule has 0 aromatic heterocycles. The number of aliphatic hydroxyl groups excluding tert-OH is 1. The molecule has 74 valence electrons. The Morgan fingerprint density at radius 1 is 1.08 bits per heavy atom. The van der Waals surface area contributed by atoms with Crippen molar-refractivity contribution in [3.8, 4) is 0 Å². The van der Waals surface area contributed by atoms with Crippen molar-refractivity contribution in [2.45, 2.75) is 58.5 Å². The van der Waals surface area contributed by atoms with Crippen molar-refractivity contribution in [3.05, 3.63) is 0 Å². The molecule has 12 heavy (non-hydrogen) atoms. The normalized spacial score (nSPS) is 13.5. The molecule has 0 aromatic rings. The van der Waals surface area contributed by atoms with Crippen LogP contribution < -0.4 is 5.32 Å². The Bertz CT molecular complexity index is 130. The summed E-state index contributed by atoms with van der Waals surface area (Å²) in [6, 6.07) is 0. The van der Waals surface area contributed by atoms with Gasteiger partial charge in [-0.3, -0.25) is 0 Å². The van der Waals surface area contributed by atoms with Crippen molar-refractivity contribution in [3.63, 3.8) is 0 Å². The summed E-state index contributed by atoms with van der Waals surface area (Å²) in [4.78, 5) is 0. The molecule has 2 N–H and O–H groups in total. The highest BCUT2D eigenvalue weighted by Crippen LogP contribution is 2.15. The highest BCUT2D eigenvalue weighted by Gasteiger charge is 2.25. The van der Waals surface area contributed by atoms with E-state index in [2.05, 4.69) is 26.1 Å². The van der Waals surface area contributed by atoms with Crippen LogP contribution in [-0.4, -0.2) is 22.8 Å². The molecule has 2 heteroatoms.